The minimum Gasteiger partial charge on any atom is -0.467 e. The highest BCUT2D eigenvalue weighted by atomic mass is 16.3. The van der Waals surface area contributed by atoms with Crippen molar-refractivity contribution in [1.29, 1.82) is 0 Å². The first kappa shape index (κ1) is 13.5. The molecule has 5 rings (SSSR count). The summed E-state index contributed by atoms with van der Waals surface area (Å²) in [6.45, 7) is 0.542. The number of pyridine rings is 1. The van der Waals surface area contributed by atoms with Gasteiger partial charge >= 0.3 is 0 Å². The minimum absolute atomic E-state index is 0.542. The molecule has 0 radical (unpaired) electrons. The highest BCUT2D eigenvalue weighted by Gasteiger charge is 2.18. The predicted octanol–water partition coefficient (Wildman–Crippen LogP) is 3.85. The van der Waals surface area contributed by atoms with Crippen molar-refractivity contribution in [3.63, 3.8) is 0 Å². The van der Waals surface area contributed by atoms with Crippen molar-refractivity contribution in [2.45, 2.75) is 32.2 Å². The summed E-state index contributed by atoms with van der Waals surface area (Å²) >= 11 is 0. The third kappa shape index (κ3) is 2.14. The van der Waals surface area contributed by atoms with Gasteiger partial charge in [-0.25, -0.2) is 15.0 Å². The van der Waals surface area contributed by atoms with Gasteiger partial charge in [0.1, 0.15) is 17.6 Å². The number of nitrogens with zero attached hydrogens (tertiary/aromatic N) is 3. The number of nitrogens with one attached hydrogen (secondary N) is 1. The number of rotatable bonds is 3. The van der Waals surface area contributed by atoms with Crippen molar-refractivity contribution < 1.29 is 8.83 Å². The summed E-state index contributed by atoms with van der Waals surface area (Å²) in [5.41, 5.74) is 4.58. The molecule has 4 aromatic heterocycles. The molecule has 0 aliphatic heterocycles. The summed E-state index contributed by atoms with van der Waals surface area (Å²) in [6.07, 6.45) is 7.74. The lowest BCUT2D eigenvalue weighted by molar-refractivity contribution is 0.517. The molecule has 4 heterocycles. The molecular formula is C18H16N4O2. The van der Waals surface area contributed by atoms with Gasteiger partial charge in [-0.1, -0.05) is 0 Å². The Morgan fingerprint density at radius 2 is 2.12 bits per heavy atom. The molecule has 0 atom stereocenters. The normalized spacial score (nSPS) is 14.2. The fourth-order valence-corrected chi connectivity index (χ4v) is 3.33. The van der Waals surface area contributed by atoms with E-state index < -0.39 is 0 Å². The Labute approximate surface area is 137 Å². The fraction of sp³-hybridized carbons (Fsp3) is 0.278. The summed E-state index contributed by atoms with van der Waals surface area (Å²) < 4.78 is 11.3. The van der Waals surface area contributed by atoms with Crippen LogP contribution < -0.4 is 5.32 Å². The largest absolute Gasteiger partial charge is 0.467 e. The van der Waals surface area contributed by atoms with Crippen molar-refractivity contribution in [1.82, 2.24) is 15.0 Å². The van der Waals surface area contributed by atoms with Crippen molar-refractivity contribution in [2.24, 2.45) is 0 Å². The van der Waals surface area contributed by atoms with Crippen molar-refractivity contribution in [2.75, 3.05) is 5.32 Å². The third-order valence-electron chi connectivity index (χ3n) is 4.53. The second kappa shape index (κ2) is 5.33. The quantitative estimate of drug-likeness (QED) is 0.618. The first-order valence-electron chi connectivity index (χ1n) is 8.21. The number of aryl methyl sites for hydroxylation is 2. The summed E-state index contributed by atoms with van der Waals surface area (Å²) in [4.78, 5) is 13.5. The molecule has 6 heteroatoms. The van der Waals surface area contributed by atoms with Crippen LogP contribution in [0.15, 0.2) is 39.6 Å². The Hall–Kier alpha value is -2.89. The zero-order chi connectivity index (χ0) is 15.9. The van der Waals surface area contributed by atoms with Gasteiger partial charge in [0.25, 0.3) is 0 Å². The SMILES string of the molecule is c1coc(CNc2ncnc3c2oc2nc4c(cc23)CCCC4)c1. The van der Waals surface area contributed by atoms with Crippen molar-refractivity contribution in [3.8, 4) is 0 Å². The molecule has 0 saturated carbocycles. The lowest BCUT2D eigenvalue weighted by Gasteiger charge is -2.13. The van der Waals surface area contributed by atoms with Crippen LogP contribution in [0.3, 0.4) is 0 Å². The van der Waals surface area contributed by atoms with Gasteiger partial charge in [-0.3, -0.25) is 0 Å². The van der Waals surface area contributed by atoms with Gasteiger partial charge in [-0.05, 0) is 49.4 Å². The molecule has 24 heavy (non-hydrogen) atoms. The standard InChI is InChI=1S/C18H16N4O2/c1-2-6-14-11(4-1)8-13-15-16(24-18(13)22-14)17(21-10-20-15)19-9-12-5-3-7-23-12/h3,5,7-8,10H,1-2,4,6,9H2,(H,19,20,21). The number of fused-ring (bicyclic) bond motifs is 4. The molecule has 0 saturated heterocycles. The van der Waals surface area contributed by atoms with E-state index in [1.54, 1.807) is 12.6 Å². The van der Waals surface area contributed by atoms with Crippen molar-refractivity contribution >= 4 is 28.0 Å². The molecule has 0 aromatic carbocycles. The van der Waals surface area contributed by atoms with Gasteiger partial charge in [0.05, 0.1) is 18.2 Å². The molecule has 0 unspecified atom stereocenters. The van der Waals surface area contributed by atoms with Gasteiger partial charge in [-0.15, -0.1) is 0 Å². The number of hydrogen-bond donors (Lipinski definition) is 1. The topological polar surface area (TPSA) is 77.0 Å². The summed E-state index contributed by atoms with van der Waals surface area (Å²) in [5, 5.41) is 4.22. The van der Waals surface area contributed by atoms with Gasteiger partial charge in [0.15, 0.2) is 11.4 Å². The van der Waals surface area contributed by atoms with Crippen LogP contribution in [0, 0.1) is 0 Å². The maximum atomic E-state index is 5.99. The Morgan fingerprint density at radius 1 is 1.17 bits per heavy atom. The Balaban J connectivity index is 1.61. The van der Waals surface area contributed by atoms with Gasteiger partial charge < -0.3 is 14.2 Å². The van der Waals surface area contributed by atoms with E-state index in [0.29, 0.717) is 23.7 Å². The predicted molar refractivity (Wildman–Crippen MR) is 89.8 cm³/mol. The average molecular weight is 320 g/mol. The van der Waals surface area contributed by atoms with Crippen molar-refractivity contribution in [3.05, 3.63) is 47.8 Å². The minimum atomic E-state index is 0.542. The van der Waals surface area contributed by atoms with Crippen LogP contribution in [0.5, 0.6) is 0 Å². The number of anilines is 1. The maximum absolute atomic E-state index is 5.99. The second-order valence-electron chi connectivity index (χ2n) is 6.09. The number of hydrogen-bond acceptors (Lipinski definition) is 6. The highest BCUT2D eigenvalue weighted by Crippen LogP contribution is 2.32. The molecular weight excluding hydrogens is 304 g/mol. The van der Waals surface area contributed by atoms with Gasteiger partial charge in [0, 0.05) is 5.69 Å². The fourth-order valence-electron chi connectivity index (χ4n) is 3.33. The first-order chi connectivity index (χ1) is 11.9. The molecule has 4 aromatic rings. The molecule has 0 amide bonds. The zero-order valence-corrected chi connectivity index (χ0v) is 13.1. The van der Waals surface area contributed by atoms with E-state index in [0.717, 1.165) is 35.2 Å². The van der Waals surface area contributed by atoms with Crippen LogP contribution in [-0.4, -0.2) is 15.0 Å². The monoisotopic (exact) mass is 320 g/mol. The van der Waals surface area contributed by atoms with Crippen LogP contribution in [0.25, 0.3) is 22.2 Å². The lowest BCUT2D eigenvalue weighted by atomic mass is 9.95. The number of aromatic nitrogens is 3. The Bertz CT molecular complexity index is 1020. The molecule has 6 nitrogen and oxygen atoms in total. The summed E-state index contributed by atoms with van der Waals surface area (Å²) in [7, 11) is 0. The second-order valence-corrected chi connectivity index (χ2v) is 6.09. The maximum Gasteiger partial charge on any atom is 0.229 e. The summed E-state index contributed by atoms with van der Waals surface area (Å²) in [5.74, 6) is 1.50. The van der Waals surface area contributed by atoms with Crippen LogP contribution in [0.2, 0.25) is 0 Å². The third-order valence-corrected chi connectivity index (χ3v) is 4.53. The highest BCUT2D eigenvalue weighted by molar-refractivity contribution is 6.04. The van der Waals surface area contributed by atoms with E-state index in [4.69, 9.17) is 13.8 Å². The van der Waals surface area contributed by atoms with E-state index in [2.05, 4.69) is 21.4 Å². The smallest absolute Gasteiger partial charge is 0.229 e. The van der Waals surface area contributed by atoms with E-state index in [1.165, 1.54) is 18.4 Å². The van der Waals surface area contributed by atoms with Crippen LogP contribution >= 0.6 is 0 Å². The van der Waals surface area contributed by atoms with E-state index in [1.807, 2.05) is 12.1 Å². The van der Waals surface area contributed by atoms with E-state index in [-0.39, 0.29) is 0 Å². The molecule has 1 aliphatic rings. The molecule has 0 spiro atoms. The zero-order valence-electron chi connectivity index (χ0n) is 13.1. The molecule has 0 fully saturated rings. The van der Waals surface area contributed by atoms with E-state index >= 15 is 0 Å². The molecule has 0 bridgehead atoms. The molecule has 1 N–H and O–H groups in total. The first-order valence-corrected chi connectivity index (χ1v) is 8.21. The molecule has 120 valence electrons. The van der Waals surface area contributed by atoms with Gasteiger partial charge in [-0.2, -0.15) is 0 Å². The Morgan fingerprint density at radius 3 is 3.04 bits per heavy atom. The Kier molecular flexibility index (Phi) is 3.01. The summed E-state index contributed by atoms with van der Waals surface area (Å²) in [6, 6.07) is 5.97. The molecule has 1 aliphatic carbocycles. The van der Waals surface area contributed by atoms with Crippen LogP contribution in [0.4, 0.5) is 5.82 Å². The number of furan rings is 2. The van der Waals surface area contributed by atoms with E-state index in [9.17, 15) is 0 Å². The van der Waals surface area contributed by atoms with Crippen LogP contribution in [0.1, 0.15) is 29.9 Å². The average Bonchev–Trinajstić information content (AvgIpc) is 3.25. The van der Waals surface area contributed by atoms with Gasteiger partial charge in [0.2, 0.25) is 5.71 Å². The lowest BCUT2D eigenvalue weighted by Crippen LogP contribution is -2.04. The van der Waals surface area contributed by atoms with Crippen LogP contribution in [-0.2, 0) is 19.4 Å².